The smallest absolute Gasteiger partial charge is 0.130 e. The third-order valence-electron chi connectivity index (χ3n) is 2.30. The van der Waals surface area contributed by atoms with Crippen LogP contribution in [0.15, 0.2) is 10.7 Å². The summed E-state index contributed by atoms with van der Waals surface area (Å²) < 4.78 is 5.67. The number of aliphatic hydroxyl groups is 1. The van der Waals surface area contributed by atoms with E-state index in [1.165, 1.54) is 0 Å². The number of hydrogen-bond acceptors (Lipinski definition) is 5. The van der Waals surface area contributed by atoms with E-state index in [0.717, 1.165) is 4.60 Å². The fourth-order valence-corrected chi connectivity index (χ4v) is 1.79. The molecule has 0 radical (unpaired) electrons. The van der Waals surface area contributed by atoms with Crippen LogP contribution in [0.4, 0.5) is 5.82 Å². The third kappa shape index (κ3) is 5.43. The molecular formula is C11H18BrN3O2. The summed E-state index contributed by atoms with van der Waals surface area (Å²) in [5, 5.41) is 13.1. The minimum atomic E-state index is -0.818. The SMILES string of the molecule is COCCC(C)(O)CNc1cc(Br)nc(C)n1. The first-order valence-corrected chi connectivity index (χ1v) is 6.18. The van der Waals surface area contributed by atoms with Gasteiger partial charge in [-0.2, -0.15) is 0 Å². The number of rotatable bonds is 6. The number of aromatic nitrogens is 2. The van der Waals surface area contributed by atoms with Crippen LogP contribution in [0.3, 0.4) is 0 Å². The summed E-state index contributed by atoms with van der Waals surface area (Å²) in [6.45, 7) is 4.53. The van der Waals surface area contributed by atoms with Crippen molar-refractivity contribution in [2.75, 3.05) is 25.6 Å². The molecule has 0 aliphatic carbocycles. The highest BCUT2D eigenvalue weighted by molar-refractivity contribution is 9.10. The van der Waals surface area contributed by atoms with Crippen LogP contribution < -0.4 is 5.32 Å². The summed E-state index contributed by atoms with van der Waals surface area (Å²) in [5.74, 6) is 1.38. The second kappa shape index (κ2) is 6.28. The molecule has 5 nitrogen and oxygen atoms in total. The van der Waals surface area contributed by atoms with Crippen molar-refractivity contribution in [3.63, 3.8) is 0 Å². The van der Waals surface area contributed by atoms with Gasteiger partial charge in [0.15, 0.2) is 0 Å². The fraction of sp³-hybridized carbons (Fsp3) is 0.636. The van der Waals surface area contributed by atoms with Crippen molar-refractivity contribution in [1.82, 2.24) is 9.97 Å². The summed E-state index contributed by atoms with van der Waals surface area (Å²) in [7, 11) is 1.62. The van der Waals surface area contributed by atoms with Crippen LogP contribution in [0.25, 0.3) is 0 Å². The van der Waals surface area contributed by atoms with Gasteiger partial charge in [-0.15, -0.1) is 0 Å². The highest BCUT2D eigenvalue weighted by atomic mass is 79.9. The molecule has 1 rings (SSSR count). The largest absolute Gasteiger partial charge is 0.388 e. The predicted octanol–water partition coefficient (Wildman–Crippen LogP) is 1.75. The normalized spacial score (nSPS) is 14.4. The minimum Gasteiger partial charge on any atom is -0.388 e. The average molecular weight is 304 g/mol. The first kappa shape index (κ1) is 14.3. The van der Waals surface area contributed by atoms with Gasteiger partial charge in [-0.1, -0.05) is 0 Å². The maximum absolute atomic E-state index is 10.0. The van der Waals surface area contributed by atoms with Gasteiger partial charge in [0, 0.05) is 32.7 Å². The van der Waals surface area contributed by atoms with Crippen LogP contribution in [0.2, 0.25) is 0 Å². The van der Waals surface area contributed by atoms with Crippen molar-refractivity contribution in [1.29, 1.82) is 0 Å². The van der Waals surface area contributed by atoms with Gasteiger partial charge in [0.05, 0.1) is 5.60 Å². The molecule has 0 fully saturated rings. The molecule has 1 atom stereocenters. The Morgan fingerprint density at radius 2 is 2.24 bits per heavy atom. The molecule has 0 saturated carbocycles. The fourth-order valence-electron chi connectivity index (χ4n) is 1.31. The molecule has 0 amide bonds. The molecule has 0 bridgehead atoms. The summed E-state index contributed by atoms with van der Waals surface area (Å²) in [5.41, 5.74) is -0.818. The van der Waals surface area contributed by atoms with Crippen LogP contribution in [0.1, 0.15) is 19.2 Å². The Morgan fingerprint density at radius 3 is 2.82 bits per heavy atom. The van der Waals surface area contributed by atoms with Gasteiger partial charge in [-0.05, 0) is 29.8 Å². The molecule has 1 aromatic rings. The maximum Gasteiger partial charge on any atom is 0.130 e. The second-order valence-electron chi connectivity index (χ2n) is 4.22. The molecule has 0 aliphatic heterocycles. The first-order chi connectivity index (χ1) is 7.93. The summed E-state index contributed by atoms with van der Waals surface area (Å²) in [6, 6.07) is 1.78. The van der Waals surface area contributed by atoms with E-state index < -0.39 is 5.60 Å². The van der Waals surface area contributed by atoms with Crippen LogP contribution in [-0.4, -0.2) is 40.9 Å². The zero-order chi connectivity index (χ0) is 12.9. The van der Waals surface area contributed by atoms with Crippen molar-refractivity contribution >= 4 is 21.7 Å². The van der Waals surface area contributed by atoms with Crippen LogP contribution in [-0.2, 0) is 4.74 Å². The van der Waals surface area contributed by atoms with Gasteiger partial charge >= 0.3 is 0 Å². The quantitative estimate of drug-likeness (QED) is 0.784. The van der Waals surface area contributed by atoms with Gasteiger partial charge in [0.2, 0.25) is 0 Å². The lowest BCUT2D eigenvalue weighted by molar-refractivity contribution is 0.0357. The molecule has 1 unspecified atom stereocenters. The van der Waals surface area contributed by atoms with E-state index in [0.29, 0.717) is 31.2 Å². The molecule has 1 aromatic heterocycles. The minimum absolute atomic E-state index is 0.416. The Hall–Kier alpha value is -0.720. The molecule has 0 aliphatic rings. The van der Waals surface area contributed by atoms with Crippen molar-refractivity contribution < 1.29 is 9.84 Å². The second-order valence-corrected chi connectivity index (χ2v) is 5.03. The van der Waals surface area contributed by atoms with E-state index in [4.69, 9.17) is 4.74 Å². The number of anilines is 1. The highest BCUT2D eigenvalue weighted by Crippen LogP contribution is 2.14. The van der Waals surface area contributed by atoms with Crippen molar-refractivity contribution in [2.24, 2.45) is 0 Å². The Morgan fingerprint density at radius 1 is 1.53 bits per heavy atom. The van der Waals surface area contributed by atoms with E-state index >= 15 is 0 Å². The van der Waals surface area contributed by atoms with E-state index in [-0.39, 0.29) is 0 Å². The van der Waals surface area contributed by atoms with Crippen LogP contribution >= 0.6 is 15.9 Å². The van der Waals surface area contributed by atoms with Crippen LogP contribution in [0, 0.1) is 6.92 Å². The molecule has 0 saturated heterocycles. The molecule has 0 aromatic carbocycles. The molecular weight excluding hydrogens is 286 g/mol. The zero-order valence-electron chi connectivity index (χ0n) is 10.3. The lowest BCUT2D eigenvalue weighted by atomic mass is 10.0. The van der Waals surface area contributed by atoms with Crippen molar-refractivity contribution in [3.8, 4) is 0 Å². The van der Waals surface area contributed by atoms with E-state index in [1.807, 2.05) is 6.92 Å². The van der Waals surface area contributed by atoms with E-state index in [1.54, 1.807) is 20.1 Å². The molecule has 17 heavy (non-hydrogen) atoms. The average Bonchev–Trinajstić information content (AvgIpc) is 2.23. The summed E-state index contributed by atoms with van der Waals surface area (Å²) >= 11 is 3.30. The standard InChI is InChI=1S/C11H18BrN3O2/c1-8-14-9(12)6-10(15-8)13-7-11(2,16)4-5-17-3/h6,16H,4-5,7H2,1-3H3,(H,13,14,15). The zero-order valence-corrected chi connectivity index (χ0v) is 11.9. The van der Waals surface area contributed by atoms with Gasteiger partial charge in [-0.25, -0.2) is 9.97 Å². The summed E-state index contributed by atoms with van der Waals surface area (Å²) in [4.78, 5) is 8.33. The topological polar surface area (TPSA) is 67.3 Å². The van der Waals surface area contributed by atoms with Crippen molar-refractivity contribution in [2.45, 2.75) is 25.9 Å². The molecule has 2 N–H and O–H groups in total. The Bertz CT molecular complexity index is 351. The van der Waals surface area contributed by atoms with Gasteiger partial charge in [0.1, 0.15) is 16.2 Å². The van der Waals surface area contributed by atoms with Gasteiger partial charge < -0.3 is 15.2 Å². The van der Waals surface area contributed by atoms with E-state index in [9.17, 15) is 5.11 Å². The number of hydrogen-bond donors (Lipinski definition) is 2. The molecule has 96 valence electrons. The molecule has 0 spiro atoms. The number of aryl methyl sites for hydroxylation is 1. The van der Waals surface area contributed by atoms with Crippen LogP contribution in [0.5, 0.6) is 0 Å². The van der Waals surface area contributed by atoms with Gasteiger partial charge in [-0.3, -0.25) is 0 Å². The first-order valence-electron chi connectivity index (χ1n) is 5.39. The number of halogens is 1. The van der Waals surface area contributed by atoms with Crippen molar-refractivity contribution in [3.05, 3.63) is 16.5 Å². The monoisotopic (exact) mass is 303 g/mol. The predicted molar refractivity (Wildman–Crippen MR) is 70.1 cm³/mol. The maximum atomic E-state index is 10.0. The lowest BCUT2D eigenvalue weighted by Crippen LogP contribution is -2.34. The van der Waals surface area contributed by atoms with Gasteiger partial charge in [0.25, 0.3) is 0 Å². The Balaban J connectivity index is 2.54. The third-order valence-corrected chi connectivity index (χ3v) is 2.71. The number of nitrogens with zero attached hydrogens (tertiary/aromatic N) is 2. The summed E-state index contributed by atoms with van der Waals surface area (Å²) in [6.07, 6.45) is 0.571. The highest BCUT2D eigenvalue weighted by Gasteiger charge is 2.19. The molecule has 6 heteroatoms. The number of ether oxygens (including phenoxy) is 1. The Labute approximate surface area is 110 Å². The number of methoxy groups -OCH3 is 1. The molecule has 1 heterocycles. The number of nitrogens with one attached hydrogen (secondary N) is 1. The Kier molecular flexibility index (Phi) is 5.30. The lowest BCUT2D eigenvalue weighted by Gasteiger charge is -2.23. The van der Waals surface area contributed by atoms with E-state index in [2.05, 4.69) is 31.2 Å².